The summed E-state index contributed by atoms with van der Waals surface area (Å²) < 4.78 is 0.0191. The molecule has 0 unspecified atom stereocenters. The predicted octanol–water partition coefficient (Wildman–Crippen LogP) is 1.98. The molecule has 1 fully saturated rings. The highest BCUT2D eigenvalue weighted by Gasteiger charge is 2.63. The Morgan fingerprint density at radius 2 is 2.07 bits per heavy atom. The summed E-state index contributed by atoms with van der Waals surface area (Å²) in [5.41, 5.74) is 0. The van der Waals surface area contributed by atoms with Gasteiger partial charge in [0.05, 0.1) is 4.48 Å². The predicted molar refractivity (Wildman–Crippen MR) is 58.3 cm³/mol. The Hall–Kier alpha value is -0.220. The first-order valence-corrected chi connectivity index (χ1v) is 5.98. The van der Waals surface area contributed by atoms with E-state index in [9.17, 15) is 9.59 Å². The number of alkyl halides is 1. The summed E-state index contributed by atoms with van der Waals surface area (Å²) in [5, 5.41) is 0. The molecule has 3 aliphatic carbocycles. The van der Waals surface area contributed by atoms with Gasteiger partial charge in [0.2, 0.25) is 0 Å². The molecule has 3 aliphatic rings. The van der Waals surface area contributed by atoms with E-state index in [2.05, 4.69) is 31.9 Å². The minimum Gasteiger partial charge on any atom is -0.297 e. The third-order valence-corrected chi connectivity index (χ3v) is 5.19. The third-order valence-electron chi connectivity index (χ3n) is 3.35. The molecule has 4 heteroatoms. The maximum absolute atomic E-state index is 11.8. The minimum atomic E-state index is -0.604. The molecule has 0 aromatic rings. The van der Waals surface area contributed by atoms with E-state index in [1.165, 1.54) is 0 Å². The molecule has 0 saturated heterocycles. The summed E-state index contributed by atoms with van der Waals surface area (Å²) in [6.45, 7) is 0. The molecule has 0 amide bonds. The number of halogens is 2. The van der Waals surface area contributed by atoms with Crippen molar-refractivity contribution >= 4 is 43.4 Å². The number of Topliss-reactive ketones (excluding diaryl/α,β-unsaturated/α-hetero) is 2. The highest BCUT2D eigenvalue weighted by molar-refractivity contribution is 9.12. The molecule has 0 spiro atoms. The van der Waals surface area contributed by atoms with Gasteiger partial charge in [-0.25, -0.2) is 0 Å². The minimum absolute atomic E-state index is 0.00637. The molecular formula is C10H6Br2O2. The fraction of sp³-hybridized carbons (Fsp3) is 0.400. The quantitative estimate of drug-likeness (QED) is 0.506. The zero-order valence-corrected chi connectivity index (χ0v) is 10.2. The van der Waals surface area contributed by atoms with Crippen LogP contribution < -0.4 is 0 Å². The Labute approximate surface area is 97.7 Å². The monoisotopic (exact) mass is 316 g/mol. The number of allylic oxidation sites excluding steroid dienone is 4. The van der Waals surface area contributed by atoms with Gasteiger partial charge in [-0.1, -0.05) is 34.2 Å². The van der Waals surface area contributed by atoms with Crippen LogP contribution in [-0.2, 0) is 9.59 Å². The Kier molecular flexibility index (Phi) is 1.60. The zero-order valence-electron chi connectivity index (χ0n) is 7.04. The average Bonchev–Trinajstić information content (AvgIpc) is 2.65. The summed E-state index contributed by atoms with van der Waals surface area (Å²) in [5.74, 6) is -0.164. The molecule has 0 heterocycles. The molecule has 0 aromatic carbocycles. The molecule has 0 aromatic heterocycles. The summed E-state index contributed by atoms with van der Waals surface area (Å²) in [6.07, 6.45) is 5.61. The van der Waals surface area contributed by atoms with Gasteiger partial charge in [-0.05, 0) is 15.9 Å². The van der Waals surface area contributed by atoms with Gasteiger partial charge < -0.3 is 0 Å². The average molecular weight is 318 g/mol. The van der Waals surface area contributed by atoms with Crippen LogP contribution in [0.15, 0.2) is 22.7 Å². The molecule has 0 aliphatic heterocycles. The molecule has 14 heavy (non-hydrogen) atoms. The Balaban J connectivity index is 2.18. The van der Waals surface area contributed by atoms with Crippen molar-refractivity contribution in [3.8, 4) is 0 Å². The van der Waals surface area contributed by atoms with Crippen molar-refractivity contribution in [3.63, 3.8) is 0 Å². The van der Waals surface area contributed by atoms with Crippen LogP contribution >= 0.6 is 31.9 Å². The van der Waals surface area contributed by atoms with Crippen molar-refractivity contribution < 1.29 is 9.59 Å². The molecule has 0 N–H and O–H groups in total. The second-order valence-electron chi connectivity index (χ2n) is 3.95. The second kappa shape index (κ2) is 2.47. The molecular weight excluding hydrogens is 312 g/mol. The molecule has 72 valence electrons. The normalized spacial score (nSPS) is 48.7. The van der Waals surface area contributed by atoms with Crippen molar-refractivity contribution in [3.05, 3.63) is 22.7 Å². The maximum atomic E-state index is 11.8. The number of rotatable bonds is 0. The van der Waals surface area contributed by atoms with Crippen molar-refractivity contribution in [1.29, 1.82) is 0 Å². The second-order valence-corrected chi connectivity index (χ2v) is 6.11. The van der Waals surface area contributed by atoms with Crippen LogP contribution in [0.1, 0.15) is 0 Å². The number of hydrogen-bond acceptors (Lipinski definition) is 2. The van der Waals surface area contributed by atoms with Gasteiger partial charge in [0.1, 0.15) is 4.32 Å². The lowest BCUT2D eigenvalue weighted by Gasteiger charge is -2.22. The third kappa shape index (κ3) is 0.784. The summed E-state index contributed by atoms with van der Waals surface area (Å²) in [7, 11) is 0. The standard InChI is InChI=1S/C10H6Br2O2/c11-6-3-5-7(8(6)13)4-1-2-10(5,12)9(4)14/h1-5,7H/t4-,5-,7-,10-/m1/s1. The molecule has 2 nitrogen and oxygen atoms in total. The van der Waals surface area contributed by atoms with Crippen LogP contribution in [0.5, 0.6) is 0 Å². The van der Waals surface area contributed by atoms with Gasteiger partial charge in [-0.2, -0.15) is 0 Å². The fourth-order valence-electron chi connectivity index (χ4n) is 2.66. The van der Waals surface area contributed by atoms with Crippen molar-refractivity contribution in [1.82, 2.24) is 0 Å². The Morgan fingerprint density at radius 1 is 1.36 bits per heavy atom. The van der Waals surface area contributed by atoms with Crippen molar-refractivity contribution in [2.75, 3.05) is 0 Å². The van der Waals surface area contributed by atoms with Gasteiger partial charge >= 0.3 is 0 Å². The van der Waals surface area contributed by atoms with Gasteiger partial charge in [-0.15, -0.1) is 0 Å². The SMILES string of the molecule is O=C1C(Br)=C[C@@H]2[C@H]1[C@H]1C=C[C@]2(Br)C1=O. The van der Waals surface area contributed by atoms with Crippen LogP contribution in [0.3, 0.4) is 0 Å². The number of fused-ring (bicyclic) bond motifs is 5. The van der Waals surface area contributed by atoms with Crippen LogP contribution in [0.25, 0.3) is 0 Å². The first-order valence-electron chi connectivity index (χ1n) is 4.40. The highest BCUT2D eigenvalue weighted by Crippen LogP contribution is 2.57. The molecule has 1 saturated carbocycles. The highest BCUT2D eigenvalue weighted by atomic mass is 79.9. The first-order chi connectivity index (χ1) is 6.55. The molecule has 2 bridgehead atoms. The van der Waals surface area contributed by atoms with E-state index in [0.29, 0.717) is 4.48 Å². The Bertz CT molecular complexity index is 424. The molecule has 4 atom stereocenters. The van der Waals surface area contributed by atoms with E-state index in [4.69, 9.17) is 0 Å². The van der Waals surface area contributed by atoms with Gasteiger partial charge in [0.15, 0.2) is 11.6 Å². The van der Waals surface area contributed by atoms with Crippen LogP contribution in [-0.4, -0.2) is 15.9 Å². The fourth-order valence-corrected chi connectivity index (χ4v) is 4.04. The zero-order chi connectivity index (χ0) is 10.1. The lowest BCUT2D eigenvalue weighted by molar-refractivity contribution is -0.124. The van der Waals surface area contributed by atoms with Crippen LogP contribution in [0, 0.1) is 17.8 Å². The topological polar surface area (TPSA) is 34.1 Å². The van der Waals surface area contributed by atoms with Gasteiger partial charge in [0, 0.05) is 17.8 Å². The smallest absolute Gasteiger partial charge is 0.174 e. The van der Waals surface area contributed by atoms with Gasteiger partial charge in [-0.3, -0.25) is 9.59 Å². The van der Waals surface area contributed by atoms with E-state index >= 15 is 0 Å². The van der Waals surface area contributed by atoms with Crippen LogP contribution in [0.4, 0.5) is 0 Å². The summed E-state index contributed by atoms with van der Waals surface area (Å²) in [6, 6.07) is 0. The maximum Gasteiger partial charge on any atom is 0.174 e. The van der Waals surface area contributed by atoms with E-state index in [-0.39, 0.29) is 29.3 Å². The van der Waals surface area contributed by atoms with E-state index < -0.39 is 4.32 Å². The molecule has 3 rings (SSSR count). The molecule has 0 radical (unpaired) electrons. The van der Waals surface area contributed by atoms with Crippen LogP contribution in [0.2, 0.25) is 0 Å². The summed E-state index contributed by atoms with van der Waals surface area (Å²) in [4.78, 5) is 23.6. The number of carbonyl (C=O) groups is 2. The lowest BCUT2D eigenvalue weighted by Crippen LogP contribution is -2.29. The van der Waals surface area contributed by atoms with E-state index in [1.807, 2.05) is 18.2 Å². The Morgan fingerprint density at radius 3 is 2.71 bits per heavy atom. The largest absolute Gasteiger partial charge is 0.297 e. The van der Waals surface area contributed by atoms with Crippen molar-refractivity contribution in [2.45, 2.75) is 4.32 Å². The van der Waals surface area contributed by atoms with E-state index in [1.54, 1.807) is 0 Å². The van der Waals surface area contributed by atoms with Crippen molar-refractivity contribution in [2.24, 2.45) is 17.8 Å². The number of hydrogen-bond donors (Lipinski definition) is 0. The number of ketones is 2. The summed E-state index contributed by atoms with van der Waals surface area (Å²) >= 11 is 6.70. The van der Waals surface area contributed by atoms with E-state index in [0.717, 1.165) is 0 Å². The lowest BCUT2D eigenvalue weighted by atomic mass is 9.85. The number of carbonyl (C=O) groups excluding carboxylic acids is 2. The van der Waals surface area contributed by atoms with Gasteiger partial charge in [0.25, 0.3) is 0 Å². The first kappa shape index (κ1) is 9.04.